The van der Waals surface area contributed by atoms with Crippen LogP contribution in [0.5, 0.6) is 5.75 Å². The van der Waals surface area contributed by atoms with E-state index in [1.165, 1.54) is 0 Å². The van der Waals surface area contributed by atoms with Gasteiger partial charge in [-0.1, -0.05) is 0 Å². The molecule has 9 nitrogen and oxygen atoms in total. The summed E-state index contributed by atoms with van der Waals surface area (Å²) in [7, 11) is 0. The number of hydrogen-bond acceptors (Lipinski definition) is 7. The summed E-state index contributed by atoms with van der Waals surface area (Å²) in [5.41, 5.74) is 1.63. The molecule has 0 saturated carbocycles. The number of benzene rings is 1. The zero-order valence-corrected chi connectivity index (χ0v) is 20.4. The molecule has 0 atom stereocenters. The van der Waals surface area contributed by atoms with Crippen molar-refractivity contribution in [2.45, 2.75) is 19.5 Å². The number of hydrogen-bond donors (Lipinski definition) is 4. The van der Waals surface area contributed by atoms with Crippen LogP contribution in [0.2, 0.25) is 0 Å². The molecular weight excluding hydrogens is 489 g/mol. The Hall–Kier alpha value is -3.51. The molecule has 5 rings (SSSR count). The Morgan fingerprint density at radius 3 is 2.70 bits per heavy atom. The predicted molar refractivity (Wildman–Crippen MR) is 134 cm³/mol. The van der Waals surface area contributed by atoms with Gasteiger partial charge < -0.3 is 30.4 Å². The van der Waals surface area contributed by atoms with Gasteiger partial charge in [0, 0.05) is 74.8 Å². The average molecular weight is 519 g/mol. The highest BCUT2D eigenvalue weighted by Crippen LogP contribution is 2.41. The minimum Gasteiger partial charge on any atom is -0.491 e. The van der Waals surface area contributed by atoms with Crippen LogP contribution in [0.1, 0.15) is 28.4 Å². The third-order valence-electron chi connectivity index (χ3n) is 6.74. The molecule has 1 fully saturated rings. The maximum Gasteiger partial charge on any atom is 0.418 e. The molecule has 1 saturated heterocycles. The van der Waals surface area contributed by atoms with Gasteiger partial charge in [-0.2, -0.15) is 13.2 Å². The van der Waals surface area contributed by atoms with Gasteiger partial charge in [0.15, 0.2) is 0 Å². The molecule has 0 radical (unpaired) electrons. The second-order valence-electron chi connectivity index (χ2n) is 9.06. The first-order valence-electron chi connectivity index (χ1n) is 12.3. The number of aromatic amines is 1. The highest BCUT2D eigenvalue weighted by Gasteiger charge is 2.35. The summed E-state index contributed by atoms with van der Waals surface area (Å²) >= 11 is 0. The fourth-order valence-electron chi connectivity index (χ4n) is 4.97. The first-order valence-corrected chi connectivity index (χ1v) is 12.3. The normalized spacial score (nSPS) is 16.1. The zero-order valence-electron chi connectivity index (χ0n) is 20.4. The number of fused-ring (bicyclic) bond motifs is 2. The summed E-state index contributed by atoms with van der Waals surface area (Å²) in [5.74, 6) is 0.840. The molecule has 3 aromatic rings. The maximum absolute atomic E-state index is 13.5. The lowest BCUT2D eigenvalue weighted by Crippen LogP contribution is -2.49. The second-order valence-corrected chi connectivity index (χ2v) is 9.06. The average Bonchev–Trinajstić information content (AvgIpc) is 3.53. The number of anilines is 3. The van der Waals surface area contributed by atoms with Crippen LogP contribution in [0.25, 0.3) is 11.0 Å². The number of carbonyl (C=O) groups excluding carboxylic acids is 1. The Kier molecular flexibility index (Phi) is 6.86. The lowest BCUT2D eigenvalue weighted by atomic mass is 10.0. The molecule has 0 spiro atoms. The van der Waals surface area contributed by atoms with Gasteiger partial charge in [0.1, 0.15) is 17.2 Å². The van der Waals surface area contributed by atoms with Crippen molar-refractivity contribution in [3.05, 3.63) is 41.1 Å². The van der Waals surface area contributed by atoms with Crippen molar-refractivity contribution in [3.63, 3.8) is 0 Å². The van der Waals surface area contributed by atoms with Gasteiger partial charge in [-0.05, 0) is 19.1 Å². The summed E-state index contributed by atoms with van der Waals surface area (Å²) in [6, 6.07) is 5.05. The minimum absolute atomic E-state index is 0.0126. The summed E-state index contributed by atoms with van der Waals surface area (Å²) < 4.78 is 46.4. The Morgan fingerprint density at radius 2 is 2.00 bits per heavy atom. The van der Waals surface area contributed by atoms with E-state index in [0.29, 0.717) is 80.8 Å². The van der Waals surface area contributed by atoms with E-state index in [2.05, 4.69) is 25.5 Å². The summed E-state index contributed by atoms with van der Waals surface area (Å²) in [6.07, 6.45) is -3.01. The number of amides is 1. The number of rotatable bonds is 7. The highest BCUT2D eigenvalue weighted by atomic mass is 19.4. The van der Waals surface area contributed by atoms with Crippen LogP contribution >= 0.6 is 0 Å². The van der Waals surface area contributed by atoms with Crippen LogP contribution in [0.4, 0.5) is 30.4 Å². The molecule has 0 aliphatic carbocycles. The monoisotopic (exact) mass is 518 g/mol. The number of aliphatic hydroxyl groups excluding tert-OH is 1. The molecule has 4 heterocycles. The maximum atomic E-state index is 13.5. The van der Waals surface area contributed by atoms with Crippen LogP contribution in [0.3, 0.4) is 0 Å². The van der Waals surface area contributed by atoms with Crippen LogP contribution in [0, 0.1) is 0 Å². The fourth-order valence-corrected chi connectivity index (χ4v) is 4.97. The molecular formula is C25H29F3N6O3. The number of ether oxygens (including phenoxy) is 1. The van der Waals surface area contributed by atoms with E-state index in [0.717, 1.165) is 11.8 Å². The van der Waals surface area contributed by atoms with Gasteiger partial charge in [0.05, 0.1) is 29.9 Å². The second kappa shape index (κ2) is 10.1. The third-order valence-corrected chi connectivity index (χ3v) is 6.74. The van der Waals surface area contributed by atoms with E-state index >= 15 is 0 Å². The Balaban J connectivity index is 1.42. The van der Waals surface area contributed by atoms with Crippen LogP contribution < -0.4 is 15.4 Å². The van der Waals surface area contributed by atoms with Crippen LogP contribution in [-0.4, -0.2) is 83.3 Å². The lowest BCUT2D eigenvalue weighted by Gasteiger charge is -2.34. The third kappa shape index (κ3) is 4.90. The van der Waals surface area contributed by atoms with E-state index in [1.54, 1.807) is 18.2 Å². The molecule has 2 aliphatic heterocycles. The first kappa shape index (κ1) is 25.2. The number of β-amino-alcohol motifs (C(OH)–C–C–N with tert-alkyl or cyclic N) is 1. The molecule has 0 unspecified atom stereocenters. The van der Waals surface area contributed by atoms with Crippen molar-refractivity contribution in [1.29, 1.82) is 0 Å². The summed E-state index contributed by atoms with van der Waals surface area (Å²) in [6.45, 7) is 5.96. The van der Waals surface area contributed by atoms with E-state index in [9.17, 15) is 18.0 Å². The molecule has 12 heteroatoms. The lowest BCUT2D eigenvalue weighted by molar-refractivity contribution is -0.136. The molecule has 2 aliphatic rings. The largest absolute Gasteiger partial charge is 0.491 e. The number of aliphatic hydroxyl groups is 1. The molecule has 2 aromatic heterocycles. The SMILES string of the molecule is CCNc1cc(Nc2ccc(C(=O)N3CCN(CCO)CC3)c3c2OCC3)nc2[nH]cc(C(F)(F)F)c12. The van der Waals surface area contributed by atoms with Gasteiger partial charge in [0.25, 0.3) is 5.91 Å². The quantitative estimate of drug-likeness (QED) is 0.380. The molecule has 4 N–H and O–H groups in total. The zero-order chi connectivity index (χ0) is 26.2. The Bertz CT molecular complexity index is 1300. The molecule has 1 amide bonds. The number of nitrogens with zero attached hydrogens (tertiary/aromatic N) is 3. The Morgan fingerprint density at radius 1 is 1.22 bits per heavy atom. The number of alkyl halides is 3. The van der Waals surface area contributed by atoms with Gasteiger partial charge in [-0.15, -0.1) is 0 Å². The van der Waals surface area contributed by atoms with Crippen molar-refractivity contribution >= 4 is 34.1 Å². The van der Waals surface area contributed by atoms with E-state index in [1.807, 2.05) is 11.8 Å². The summed E-state index contributed by atoms with van der Waals surface area (Å²) in [4.78, 5) is 24.2. The van der Waals surface area contributed by atoms with Crippen molar-refractivity contribution in [3.8, 4) is 5.75 Å². The Labute approximate surface area is 211 Å². The van der Waals surface area contributed by atoms with Crippen molar-refractivity contribution < 1.29 is 27.8 Å². The number of carbonyl (C=O) groups is 1. The predicted octanol–water partition coefficient (Wildman–Crippen LogP) is 3.44. The van der Waals surface area contributed by atoms with Crippen molar-refractivity contribution in [2.24, 2.45) is 0 Å². The van der Waals surface area contributed by atoms with Gasteiger partial charge in [-0.3, -0.25) is 9.69 Å². The highest BCUT2D eigenvalue weighted by molar-refractivity contribution is 5.98. The van der Waals surface area contributed by atoms with Crippen LogP contribution in [-0.2, 0) is 12.6 Å². The molecule has 198 valence electrons. The van der Waals surface area contributed by atoms with E-state index in [4.69, 9.17) is 9.84 Å². The molecule has 37 heavy (non-hydrogen) atoms. The fraction of sp³-hybridized carbons (Fsp3) is 0.440. The number of aromatic nitrogens is 2. The van der Waals surface area contributed by atoms with Crippen molar-refractivity contribution in [1.82, 2.24) is 19.8 Å². The number of nitrogens with one attached hydrogen (secondary N) is 3. The number of H-pyrrole nitrogens is 1. The summed E-state index contributed by atoms with van der Waals surface area (Å²) in [5, 5.41) is 15.3. The number of pyridine rings is 1. The standard InChI is InChI=1S/C25H29F3N6O3/c1-2-29-19-13-20(32-23-21(19)17(14-30-23)25(26,27)28)31-18-4-3-16(15-5-12-37-22(15)18)24(36)34-8-6-33(7-9-34)10-11-35/h3-4,13-14,35H,2,5-12H2,1H3,(H3,29,30,31,32). The number of piperazine rings is 1. The van der Waals surface area contributed by atoms with Gasteiger partial charge in [0.2, 0.25) is 0 Å². The van der Waals surface area contributed by atoms with E-state index < -0.39 is 11.7 Å². The molecule has 0 bridgehead atoms. The van der Waals surface area contributed by atoms with Gasteiger partial charge in [-0.25, -0.2) is 4.98 Å². The number of halogens is 3. The minimum atomic E-state index is -4.51. The van der Waals surface area contributed by atoms with E-state index in [-0.39, 0.29) is 23.5 Å². The smallest absolute Gasteiger partial charge is 0.418 e. The van der Waals surface area contributed by atoms with Crippen LogP contribution in [0.15, 0.2) is 24.4 Å². The van der Waals surface area contributed by atoms with Crippen molar-refractivity contribution in [2.75, 3.05) is 63.1 Å². The topological polar surface area (TPSA) is 106 Å². The molecule has 1 aromatic carbocycles. The first-order chi connectivity index (χ1) is 17.8. The van der Waals surface area contributed by atoms with Gasteiger partial charge >= 0.3 is 6.18 Å².